The molecular formula is C22H27N3O3S. The molecule has 4 rings (SSSR count). The molecule has 7 heteroatoms. The average Bonchev–Trinajstić information content (AvgIpc) is 2.99. The fourth-order valence-electron chi connectivity index (χ4n) is 4.15. The van der Waals surface area contributed by atoms with Crippen molar-refractivity contribution in [3.05, 3.63) is 65.1 Å². The van der Waals surface area contributed by atoms with Crippen LogP contribution >= 0.6 is 0 Å². The minimum Gasteiger partial charge on any atom is -0.387 e. The Kier molecular flexibility index (Phi) is 5.48. The summed E-state index contributed by atoms with van der Waals surface area (Å²) in [5.41, 5.74) is 5.67. The van der Waals surface area contributed by atoms with Crippen LogP contribution in [0.3, 0.4) is 0 Å². The highest BCUT2D eigenvalue weighted by Crippen LogP contribution is 2.33. The molecule has 0 amide bonds. The van der Waals surface area contributed by atoms with Gasteiger partial charge in [-0.3, -0.25) is 9.88 Å². The molecule has 3 aromatic rings. The maximum absolute atomic E-state index is 11.6. The molecule has 0 spiro atoms. The smallest absolute Gasteiger partial charge is 0.0970 e. The van der Waals surface area contributed by atoms with Crippen molar-refractivity contribution >= 4 is 26.6 Å². The second-order valence-corrected chi connectivity index (χ2v) is 9.81. The number of nitrogens with zero attached hydrogens (tertiary/aromatic N) is 3. The van der Waals surface area contributed by atoms with Crippen LogP contribution in [0.2, 0.25) is 0 Å². The molecule has 0 fully saturated rings. The zero-order chi connectivity index (χ0) is 20.6. The Balaban J connectivity index is 1.68. The molecule has 0 saturated carbocycles. The van der Waals surface area contributed by atoms with Crippen LogP contribution in [0.1, 0.15) is 28.5 Å². The Morgan fingerprint density at radius 1 is 1.28 bits per heavy atom. The van der Waals surface area contributed by atoms with E-state index in [9.17, 15) is 13.9 Å². The van der Waals surface area contributed by atoms with E-state index >= 15 is 0 Å². The first-order valence-electron chi connectivity index (χ1n) is 9.80. The molecule has 0 radical (unpaired) electrons. The fourth-order valence-corrected chi connectivity index (χ4v) is 4.70. The lowest BCUT2D eigenvalue weighted by molar-refractivity contribution is 0.155. The quantitative estimate of drug-likeness (QED) is 0.608. The van der Waals surface area contributed by atoms with Gasteiger partial charge in [-0.25, -0.2) is 4.21 Å². The van der Waals surface area contributed by atoms with Gasteiger partial charge in [0.2, 0.25) is 0 Å². The molecule has 2 aromatic heterocycles. The number of aryl methyl sites for hydroxylation is 1. The molecule has 154 valence electrons. The number of rotatable bonds is 6. The van der Waals surface area contributed by atoms with Crippen molar-refractivity contribution in [3.63, 3.8) is 0 Å². The predicted octanol–water partition coefficient (Wildman–Crippen LogP) is 2.63. The summed E-state index contributed by atoms with van der Waals surface area (Å²) < 4.78 is 23.3. The van der Waals surface area contributed by atoms with Crippen LogP contribution in [0.4, 0.5) is 0 Å². The first kappa shape index (κ1) is 20.1. The predicted molar refractivity (Wildman–Crippen MR) is 118 cm³/mol. The van der Waals surface area contributed by atoms with E-state index in [2.05, 4.69) is 45.4 Å². The number of benzene rings is 1. The third kappa shape index (κ3) is 4.38. The van der Waals surface area contributed by atoms with Gasteiger partial charge >= 0.3 is 0 Å². The summed E-state index contributed by atoms with van der Waals surface area (Å²) in [6.45, 7) is 4.68. The van der Waals surface area contributed by atoms with E-state index < -0.39 is 15.9 Å². The molecule has 1 aliphatic rings. The molecule has 3 heterocycles. The van der Waals surface area contributed by atoms with E-state index in [0.717, 1.165) is 30.6 Å². The van der Waals surface area contributed by atoms with Crippen LogP contribution in [0.5, 0.6) is 0 Å². The highest BCUT2D eigenvalue weighted by molar-refractivity contribution is 7.95. The van der Waals surface area contributed by atoms with Crippen molar-refractivity contribution in [2.45, 2.75) is 32.5 Å². The molecule has 0 aliphatic carbocycles. The summed E-state index contributed by atoms with van der Waals surface area (Å²) >= 11 is 0. The average molecular weight is 414 g/mol. The largest absolute Gasteiger partial charge is 0.387 e. The van der Waals surface area contributed by atoms with Crippen LogP contribution in [0.25, 0.3) is 10.9 Å². The Bertz CT molecular complexity index is 1120. The molecule has 2 N–H and O–H groups in total. The monoisotopic (exact) mass is 413 g/mol. The molecule has 0 bridgehead atoms. The van der Waals surface area contributed by atoms with Gasteiger partial charge in [0.05, 0.1) is 28.2 Å². The van der Waals surface area contributed by atoms with E-state index in [4.69, 9.17) is 0 Å². The number of hydrogen-bond acceptors (Lipinski definition) is 4. The van der Waals surface area contributed by atoms with Gasteiger partial charge in [-0.05, 0) is 48.2 Å². The first-order chi connectivity index (χ1) is 13.8. The summed E-state index contributed by atoms with van der Waals surface area (Å²) in [5.74, 6) is 3.53. The van der Waals surface area contributed by atoms with E-state index in [1.165, 1.54) is 22.2 Å². The van der Waals surface area contributed by atoms with E-state index in [-0.39, 0.29) is 5.75 Å². The van der Waals surface area contributed by atoms with Crippen molar-refractivity contribution < 1.29 is 13.9 Å². The Hall–Kier alpha value is -2.19. The van der Waals surface area contributed by atoms with Crippen molar-refractivity contribution in [2.24, 2.45) is 0 Å². The third-order valence-electron chi connectivity index (χ3n) is 5.66. The zero-order valence-electron chi connectivity index (χ0n) is 16.6. The summed E-state index contributed by atoms with van der Waals surface area (Å²) in [7, 11) is -2.98. The number of pyridine rings is 1. The molecule has 2 atom stereocenters. The van der Waals surface area contributed by atoms with Crippen LogP contribution in [-0.4, -0.2) is 53.0 Å². The third-order valence-corrected chi connectivity index (χ3v) is 6.48. The van der Waals surface area contributed by atoms with E-state index in [0.29, 0.717) is 13.1 Å². The van der Waals surface area contributed by atoms with Crippen molar-refractivity contribution in [3.8, 4) is 0 Å². The van der Waals surface area contributed by atoms with Gasteiger partial charge in [0.25, 0.3) is 0 Å². The summed E-state index contributed by atoms with van der Waals surface area (Å²) in [6, 6.07) is 10.1. The van der Waals surface area contributed by atoms with Gasteiger partial charge in [0.15, 0.2) is 0 Å². The van der Waals surface area contributed by atoms with Gasteiger partial charge < -0.3 is 14.2 Å². The second-order valence-electron chi connectivity index (χ2n) is 7.86. The van der Waals surface area contributed by atoms with Gasteiger partial charge in [0.1, 0.15) is 0 Å². The normalized spacial score (nSPS) is 17.8. The molecule has 0 saturated heterocycles. The standard InChI is InChI=1S/C22H27N3O3S/c1-16-3-4-20-18(13-16)19-14-24(11-12-29(2,27)28)10-7-21(19)25(20)15-22(26)17-5-8-23-9-6-17/h3-6,8-9,13,22,26H,2,7,10-12,14-15H2,1H3,(H,27,28). The minimum absolute atomic E-state index is 0.181. The lowest BCUT2D eigenvalue weighted by atomic mass is 10.0. The van der Waals surface area contributed by atoms with Crippen LogP contribution in [0, 0.1) is 6.92 Å². The van der Waals surface area contributed by atoms with Crippen molar-refractivity contribution in [1.29, 1.82) is 0 Å². The molecular weight excluding hydrogens is 386 g/mol. The van der Waals surface area contributed by atoms with Crippen LogP contribution in [-0.2, 0) is 29.3 Å². The SMILES string of the molecule is C=S(=O)(O)CCN1CCc2c(c3cc(C)ccc3n2CC(O)c2ccncc2)C1. The van der Waals surface area contributed by atoms with Gasteiger partial charge in [0, 0.05) is 55.0 Å². The van der Waals surface area contributed by atoms with Crippen molar-refractivity contribution in [1.82, 2.24) is 14.5 Å². The lowest BCUT2D eigenvalue weighted by Gasteiger charge is -2.28. The van der Waals surface area contributed by atoms with Crippen LogP contribution in [0.15, 0.2) is 42.7 Å². The second kappa shape index (κ2) is 7.91. The van der Waals surface area contributed by atoms with Gasteiger partial charge in [-0.1, -0.05) is 11.6 Å². The molecule has 1 aromatic carbocycles. The van der Waals surface area contributed by atoms with E-state index in [1.807, 2.05) is 12.1 Å². The highest BCUT2D eigenvalue weighted by Gasteiger charge is 2.25. The number of fused-ring (bicyclic) bond motifs is 3. The topological polar surface area (TPSA) is 78.6 Å². The first-order valence-corrected chi connectivity index (χ1v) is 11.7. The number of aromatic nitrogens is 2. The van der Waals surface area contributed by atoms with Gasteiger partial charge in [-0.2, -0.15) is 0 Å². The lowest BCUT2D eigenvalue weighted by Crippen LogP contribution is -2.34. The molecule has 6 nitrogen and oxygen atoms in total. The Morgan fingerprint density at radius 2 is 2.03 bits per heavy atom. The number of hydrogen-bond donors (Lipinski definition) is 2. The van der Waals surface area contributed by atoms with Crippen LogP contribution < -0.4 is 0 Å². The summed E-state index contributed by atoms with van der Waals surface area (Å²) in [5, 5.41) is 12.0. The fraction of sp³-hybridized carbons (Fsp3) is 0.364. The van der Waals surface area contributed by atoms with Crippen molar-refractivity contribution in [2.75, 3.05) is 18.8 Å². The highest BCUT2D eigenvalue weighted by atomic mass is 32.2. The summed E-state index contributed by atoms with van der Waals surface area (Å²) in [4.78, 5) is 6.25. The summed E-state index contributed by atoms with van der Waals surface area (Å²) in [6.07, 6.45) is 3.63. The maximum atomic E-state index is 11.6. The number of aliphatic hydroxyl groups excluding tert-OH is 1. The molecule has 2 unspecified atom stereocenters. The maximum Gasteiger partial charge on any atom is 0.0970 e. The van der Waals surface area contributed by atoms with E-state index in [1.54, 1.807) is 12.4 Å². The minimum atomic E-state index is -2.98. The zero-order valence-corrected chi connectivity index (χ0v) is 17.4. The Labute approximate surface area is 171 Å². The molecule has 1 aliphatic heterocycles. The molecule has 29 heavy (non-hydrogen) atoms. The van der Waals surface area contributed by atoms with Gasteiger partial charge in [-0.15, -0.1) is 0 Å². The number of aliphatic hydroxyl groups is 1. The Morgan fingerprint density at radius 3 is 2.76 bits per heavy atom.